The summed E-state index contributed by atoms with van der Waals surface area (Å²) in [6.07, 6.45) is 0.150. The van der Waals surface area contributed by atoms with E-state index in [9.17, 15) is 0 Å². The van der Waals surface area contributed by atoms with E-state index in [1.165, 1.54) is 10.8 Å². The third-order valence-electron chi connectivity index (χ3n) is 2.65. The van der Waals surface area contributed by atoms with Crippen molar-refractivity contribution in [1.82, 2.24) is 5.32 Å². The lowest BCUT2D eigenvalue weighted by atomic mass is 10.1. The van der Waals surface area contributed by atoms with E-state index in [0.717, 1.165) is 16.8 Å². The van der Waals surface area contributed by atoms with E-state index in [4.69, 9.17) is 4.74 Å². The topological polar surface area (TPSA) is 21.3 Å². The SMILES string of the molecule is CNCC(C)Oc1ccc2ccccc2c1Br. The minimum atomic E-state index is 0.150. The van der Waals surface area contributed by atoms with Gasteiger partial charge in [-0.3, -0.25) is 0 Å². The predicted octanol–water partition coefficient (Wildman–Crippen LogP) is 3.59. The highest BCUT2D eigenvalue weighted by Crippen LogP contribution is 2.33. The predicted molar refractivity (Wildman–Crippen MR) is 75.7 cm³/mol. The van der Waals surface area contributed by atoms with Crippen LogP contribution in [0.3, 0.4) is 0 Å². The summed E-state index contributed by atoms with van der Waals surface area (Å²) in [6, 6.07) is 12.4. The number of likely N-dealkylation sites (N-methyl/N-ethyl adjacent to an activating group) is 1. The molecule has 0 aromatic heterocycles. The Morgan fingerprint density at radius 2 is 2.00 bits per heavy atom. The van der Waals surface area contributed by atoms with Gasteiger partial charge in [0.15, 0.2) is 0 Å². The van der Waals surface area contributed by atoms with Crippen molar-refractivity contribution in [3.05, 3.63) is 40.9 Å². The number of halogens is 1. The summed E-state index contributed by atoms with van der Waals surface area (Å²) >= 11 is 3.62. The van der Waals surface area contributed by atoms with Gasteiger partial charge in [-0.05, 0) is 46.7 Å². The average Bonchev–Trinajstić information content (AvgIpc) is 2.33. The molecule has 0 bridgehead atoms. The smallest absolute Gasteiger partial charge is 0.134 e. The highest BCUT2D eigenvalue weighted by atomic mass is 79.9. The summed E-state index contributed by atoms with van der Waals surface area (Å²) < 4.78 is 6.91. The minimum absolute atomic E-state index is 0.150. The van der Waals surface area contributed by atoms with Crippen molar-refractivity contribution in [2.24, 2.45) is 0 Å². The van der Waals surface area contributed by atoms with Crippen LogP contribution in [0.4, 0.5) is 0 Å². The molecule has 1 N–H and O–H groups in total. The molecule has 2 aromatic carbocycles. The first kappa shape index (κ1) is 12.4. The molecule has 0 amide bonds. The number of fused-ring (bicyclic) bond motifs is 1. The molecule has 2 rings (SSSR count). The lowest BCUT2D eigenvalue weighted by Gasteiger charge is -2.16. The zero-order valence-electron chi connectivity index (χ0n) is 10.0. The summed E-state index contributed by atoms with van der Waals surface area (Å²) in [5.41, 5.74) is 0. The van der Waals surface area contributed by atoms with Crippen LogP contribution in [0.15, 0.2) is 40.9 Å². The van der Waals surface area contributed by atoms with Gasteiger partial charge < -0.3 is 10.1 Å². The molecule has 1 atom stereocenters. The van der Waals surface area contributed by atoms with E-state index in [1.807, 2.05) is 25.2 Å². The van der Waals surface area contributed by atoms with Crippen LogP contribution in [0.5, 0.6) is 5.75 Å². The van der Waals surface area contributed by atoms with Gasteiger partial charge in [0.1, 0.15) is 11.9 Å². The summed E-state index contributed by atoms with van der Waals surface area (Å²) in [7, 11) is 1.93. The van der Waals surface area contributed by atoms with Crippen LogP contribution < -0.4 is 10.1 Å². The van der Waals surface area contributed by atoms with E-state index in [2.05, 4.69) is 46.4 Å². The molecule has 90 valence electrons. The quantitative estimate of drug-likeness (QED) is 0.930. The highest BCUT2D eigenvalue weighted by Gasteiger charge is 2.08. The first-order valence-electron chi connectivity index (χ1n) is 5.71. The van der Waals surface area contributed by atoms with Crippen LogP contribution in [0.1, 0.15) is 6.92 Å². The van der Waals surface area contributed by atoms with Gasteiger partial charge in [0.05, 0.1) is 4.47 Å². The molecule has 3 heteroatoms. The maximum atomic E-state index is 5.88. The molecule has 0 heterocycles. The Hall–Kier alpha value is -1.06. The fourth-order valence-electron chi connectivity index (χ4n) is 1.85. The maximum Gasteiger partial charge on any atom is 0.134 e. The molecule has 0 spiro atoms. The van der Waals surface area contributed by atoms with Crippen LogP contribution >= 0.6 is 15.9 Å². The van der Waals surface area contributed by atoms with E-state index in [1.54, 1.807) is 0 Å². The summed E-state index contributed by atoms with van der Waals surface area (Å²) in [6.45, 7) is 2.89. The van der Waals surface area contributed by atoms with Gasteiger partial charge in [-0.15, -0.1) is 0 Å². The van der Waals surface area contributed by atoms with Crippen molar-refractivity contribution in [3.63, 3.8) is 0 Å². The van der Waals surface area contributed by atoms with Crippen molar-refractivity contribution in [1.29, 1.82) is 0 Å². The molecule has 0 aliphatic rings. The molecular formula is C14H16BrNO. The van der Waals surface area contributed by atoms with Gasteiger partial charge >= 0.3 is 0 Å². The maximum absolute atomic E-state index is 5.88. The van der Waals surface area contributed by atoms with Crippen LogP contribution in [-0.4, -0.2) is 19.7 Å². The molecule has 0 saturated heterocycles. The normalized spacial score (nSPS) is 12.6. The largest absolute Gasteiger partial charge is 0.488 e. The Kier molecular flexibility index (Phi) is 4.02. The van der Waals surface area contributed by atoms with E-state index < -0.39 is 0 Å². The molecule has 2 nitrogen and oxygen atoms in total. The van der Waals surface area contributed by atoms with Crippen LogP contribution in [0.2, 0.25) is 0 Å². The second-order valence-electron chi connectivity index (χ2n) is 4.08. The number of benzene rings is 2. The second-order valence-corrected chi connectivity index (χ2v) is 4.88. The van der Waals surface area contributed by atoms with Gasteiger partial charge in [0, 0.05) is 6.54 Å². The fraction of sp³-hybridized carbons (Fsp3) is 0.286. The van der Waals surface area contributed by atoms with E-state index >= 15 is 0 Å². The monoisotopic (exact) mass is 293 g/mol. The van der Waals surface area contributed by atoms with Crippen LogP contribution in [-0.2, 0) is 0 Å². The molecule has 17 heavy (non-hydrogen) atoms. The van der Waals surface area contributed by atoms with Gasteiger partial charge in [-0.2, -0.15) is 0 Å². The number of nitrogens with one attached hydrogen (secondary N) is 1. The van der Waals surface area contributed by atoms with Gasteiger partial charge in [0.2, 0.25) is 0 Å². The van der Waals surface area contributed by atoms with Gasteiger partial charge in [0.25, 0.3) is 0 Å². The van der Waals surface area contributed by atoms with Crippen molar-refractivity contribution in [2.45, 2.75) is 13.0 Å². The molecule has 0 saturated carbocycles. The standard InChI is InChI=1S/C14H16BrNO/c1-10(9-16-2)17-13-8-7-11-5-3-4-6-12(11)14(13)15/h3-8,10,16H,9H2,1-2H3. The third-order valence-corrected chi connectivity index (χ3v) is 3.47. The third kappa shape index (κ3) is 2.79. The Balaban J connectivity index is 2.32. The van der Waals surface area contributed by atoms with Crippen molar-refractivity contribution in [2.75, 3.05) is 13.6 Å². The lowest BCUT2D eigenvalue weighted by molar-refractivity contribution is 0.219. The molecule has 0 fully saturated rings. The van der Waals surface area contributed by atoms with Crippen LogP contribution in [0.25, 0.3) is 10.8 Å². The molecule has 1 unspecified atom stereocenters. The Morgan fingerprint density at radius 1 is 1.24 bits per heavy atom. The fourth-order valence-corrected chi connectivity index (χ4v) is 2.44. The Labute approximate surface area is 110 Å². The second kappa shape index (κ2) is 5.52. The van der Waals surface area contributed by atoms with Gasteiger partial charge in [-0.1, -0.05) is 30.3 Å². The number of hydrogen-bond acceptors (Lipinski definition) is 2. The van der Waals surface area contributed by atoms with Gasteiger partial charge in [-0.25, -0.2) is 0 Å². The Bertz CT molecular complexity index is 513. The molecule has 0 aliphatic heterocycles. The zero-order valence-corrected chi connectivity index (χ0v) is 11.6. The summed E-state index contributed by atoms with van der Waals surface area (Å²) in [5.74, 6) is 0.895. The first-order chi connectivity index (χ1) is 8.22. The summed E-state index contributed by atoms with van der Waals surface area (Å²) in [5, 5.41) is 5.50. The molecule has 0 aliphatic carbocycles. The molecule has 2 aromatic rings. The first-order valence-corrected chi connectivity index (χ1v) is 6.50. The zero-order chi connectivity index (χ0) is 12.3. The summed E-state index contributed by atoms with van der Waals surface area (Å²) in [4.78, 5) is 0. The minimum Gasteiger partial charge on any atom is -0.488 e. The van der Waals surface area contributed by atoms with Crippen molar-refractivity contribution >= 4 is 26.7 Å². The van der Waals surface area contributed by atoms with Crippen molar-refractivity contribution in [3.8, 4) is 5.75 Å². The Morgan fingerprint density at radius 3 is 2.76 bits per heavy atom. The highest BCUT2D eigenvalue weighted by molar-refractivity contribution is 9.10. The molecule has 0 radical (unpaired) electrons. The number of rotatable bonds is 4. The van der Waals surface area contributed by atoms with E-state index in [-0.39, 0.29) is 6.10 Å². The van der Waals surface area contributed by atoms with E-state index in [0.29, 0.717) is 0 Å². The average molecular weight is 294 g/mol. The lowest BCUT2D eigenvalue weighted by Crippen LogP contribution is -2.26. The van der Waals surface area contributed by atoms with Crippen LogP contribution in [0, 0.1) is 0 Å². The number of ether oxygens (including phenoxy) is 1. The van der Waals surface area contributed by atoms with Crippen molar-refractivity contribution < 1.29 is 4.74 Å². The molecular weight excluding hydrogens is 278 g/mol. The number of hydrogen-bond donors (Lipinski definition) is 1.